The van der Waals surface area contributed by atoms with Gasteiger partial charge in [-0.2, -0.15) is 26.3 Å². The number of anilines is 2. The number of halogens is 10. The number of hydrogen-bond acceptors (Lipinski definition) is 6. The second-order valence-corrected chi connectivity index (χ2v) is 15.3. The van der Waals surface area contributed by atoms with Gasteiger partial charge in [0.25, 0.3) is 0 Å². The standard InChI is InChI=1S/C20H19Br3F7N5O4/c21-18(22,23)14(32-16(37)20(28,29)30)34-6-5-33(9-13(34)24)10-1-3-11(4-2-10)35-8-12(39-17(35)38)7-31-15(36)19(25,26)27/h1-4,12-14H,5-9H2,(H,31,36)(H,32,37)/t12?,13-,14?/m1/s1. The van der Waals surface area contributed by atoms with Crippen LogP contribution in [0.25, 0.3) is 0 Å². The first-order chi connectivity index (χ1) is 17.9. The van der Waals surface area contributed by atoms with Gasteiger partial charge in [0.1, 0.15) is 12.3 Å². The molecule has 0 aliphatic carbocycles. The molecule has 2 fully saturated rings. The van der Waals surface area contributed by atoms with E-state index in [4.69, 9.17) is 4.74 Å². The van der Waals surface area contributed by atoms with Gasteiger partial charge >= 0.3 is 30.3 Å². The highest BCUT2D eigenvalue weighted by molar-refractivity contribution is 9.39. The van der Waals surface area contributed by atoms with Crippen molar-refractivity contribution in [2.24, 2.45) is 0 Å². The highest BCUT2D eigenvalue weighted by Crippen LogP contribution is 2.40. The average molecular weight is 766 g/mol. The Morgan fingerprint density at radius 1 is 0.949 bits per heavy atom. The van der Waals surface area contributed by atoms with Crippen LogP contribution in [0, 0.1) is 0 Å². The Morgan fingerprint density at radius 2 is 1.51 bits per heavy atom. The molecule has 218 valence electrons. The van der Waals surface area contributed by atoms with E-state index in [1.54, 1.807) is 27.7 Å². The Morgan fingerprint density at radius 3 is 2.03 bits per heavy atom. The number of nitrogens with zero attached hydrogens (tertiary/aromatic N) is 3. The fourth-order valence-electron chi connectivity index (χ4n) is 3.83. The average Bonchev–Trinajstić information content (AvgIpc) is 3.19. The number of alkyl halides is 10. The summed E-state index contributed by atoms with van der Waals surface area (Å²) < 4.78 is 94.0. The number of rotatable bonds is 6. The lowest BCUT2D eigenvalue weighted by Crippen LogP contribution is -2.64. The summed E-state index contributed by atoms with van der Waals surface area (Å²) in [5.74, 6) is -4.40. The lowest BCUT2D eigenvalue weighted by molar-refractivity contribution is -0.176. The highest BCUT2D eigenvalue weighted by atomic mass is 80.0. The molecule has 1 aromatic carbocycles. The van der Waals surface area contributed by atoms with Gasteiger partial charge in [-0.15, -0.1) is 0 Å². The molecule has 0 bridgehead atoms. The number of benzene rings is 1. The first-order valence-corrected chi connectivity index (χ1v) is 13.3. The van der Waals surface area contributed by atoms with Gasteiger partial charge in [0.2, 0.25) is 0 Å². The minimum absolute atomic E-state index is 0.0833. The Labute approximate surface area is 241 Å². The van der Waals surface area contributed by atoms with Gasteiger partial charge in [-0.25, -0.2) is 14.1 Å². The zero-order valence-corrected chi connectivity index (χ0v) is 24.1. The van der Waals surface area contributed by atoms with Crippen LogP contribution in [0.1, 0.15) is 0 Å². The summed E-state index contributed by atoms with van der Waals surface area (Å²) in [5, 5.41) is 3.41. The number of amides is 3. The van der Waals surface area contributed by atoms with E-state index in [0.29, 0.717) is 11.4 Å². The summed E-state index contributed by atoms with van der Waals surface area (Å²) in [7, 11) is 0. The molecule has 3 amide bonds. The van der Waals surface area contributed by atoms with Crippen LogP contribution in [-0.4, -0.2) is 88.6 Å². The lowest BCUT2D eigenvalue weighted by Gasteiger charge is -2.44. The van der Waals surface area contributed by atoms with Crippen LogP contribution in [-0.2, 0) is 14.3 Å². The molecule has 39 heavy (non-hydrogen) atoms. The molecule has 1 aromatic rings. The van der Waals surface area contributed by atoms with Crippen molar-refractivity contribution >= 4 is 77.1 Å². The molecule has 0 radical (unpaired) electrons. The number of piperazine rings is 1. The normalized spacial score (nSPS) is 21.9. The molecule has 3 atom stereocenters. The van der Waals surface area contributed by atoms with Gasteiger partial charge in [-0.05, 0) is 24.3 Å². The molecule has 2 aliphatic heterocycles. The molecule has 3 rings (SSSR count). The van der Waals surface area contributed by atoms with Gasteiger partial charge in [0.15, 0.2) is 8.44 Å². The monoisotopic (exact) mass is 763 g/mol. The number of hydrogen-bond donors (Lipinski definition) is 2. The van der Waals surface area contributed by atoms with Gasteiger partial charge in [-0.1, -0.05) is 47.8 Å². The van der Waals surface area contributed by atoms with Crippen molar-refractivity contribution in [2.45, 2.75) is 33.1 Å². The molecule has 0 saturated carbocycles. The molecule has 2 saturated heterocycles. The maximum atomic E-state index is 15.2. The van der Waals surface area contributed by atoms with Crippen molar-refractivity contribution in [3.63, 3.8) is 0 Å². The van der Waals surface area contributed by atoms with Gasteiger partial charge in [-0.3, -0.25) is 14.5 Å². The maximum absolute atomic E-state index is 15.2. The fraction of sp³-hybridized carbons (Fsp3) is 0.550. The number of cyclic esters (lactones) is 1. The van der Waals surface area contributed by atoms with Gasteiger partial charge < -0.3 is 20.3 Å². The van der Waals surface area contributed by atoms with Crippen LogP contribution in [0.5, 0.6) is 0 Å². The Kier molecular flexibility index (Phi) is 9.69. The van der Waals surface area contributed by atoms with E-state index in [1.165, 1.54) is 12.1 Å². The number of carbonyl (C=O) groups excluding carboxylic acids is 3. The number of ether oxygens (including phenoxy) is 1. The van der Waals surface area contributed by atoms with Crippen LogP contribution in [0.3, 0.4) is 0 Å². The van der Waals surface area contributed by atoms with Crippen LogP contribution >= 0.6 is 47.8 Å². The molecular formula is C20H19Br3F7N5O4. The number of carbonyl (C=O) groups is 3. The van der Waals surface area contributed by atoms with Crippen molar-refractivity contribution in [1.29, 1.82) is 0 Å². The maximum Gasteiger partial charge on any atom is 0.471 e. The van der Waals surface area contributed by atoms with E-state index >= 15 is 4.39 Å². The third kappa shape index (κ3) is 8.09. The summed E-state index contributed by atoms with van der Waals surface area (Å²) in [5.41, 5.74) is 0.850. The summed E-state index contributed by atoms with van der Waals surface area (Å²) in [6.07, 6.45) is -15.4. The van der Waals surface area contributed by atoms with E-state index in [-0.39, 0.29) is 26.2 Å². The van der Waals surface area contributed by atoms with Crippen molar-refractivity contribution in [3.8, 4) is 0 Å². The predicted octanol–water partition coefficient (Wildman–Crippen LogP) is 3.95. The summed E-state index contributed by atoms with van der Waals surface area (Å²) in [6, 6.07) is 6.10. The van der Waals surface area contributed by atoms with E-state index in [1.807, 2.05) is 0 Å². The van der Waals surface area contributed by atoms with Crippen LogP contribution in [0.15, 0.2) is 24.3 Å². The van der Waals surface area contributed by atoms with Crippen molar-refractivity contribution in [1.82, 2.24) is 15.5 Å². The molecule has 2 unspecified atom stereocenters. The quantitative estimate of drug-likeness (QED) is 0.259. The SMILES string of the molecule is O=C1OC(CNC(=O)C(F)(F)F)CN1c1ccc(N2CCN(C(NC(=O)C(F)(F)F)C(Br)(Br)Br)[C@@H](F)C2)cc1. The molecule has 19 heteroatoms. The van der Waals surface area contributed by atoms with E-state index in [2.05, 4.69) is 47.8 Å². The van der Waals surface area contributed by atoms with Crippen LogP contribution < -0.4 is 20.4 Å². The van der Waals surface area contributed by atoms with Crippen molar-refractivity contribution in [2.75, 3.05) is 42.5 Å². The van der Waals surface area contributed by atoms with Gasteiger partial charge in [0, 0.05) is 24.5 Å². The molecular weight excluding hydrogens is 747 g/mol. The second kappa shape index (κ2) is 11.9. The fourth-order valence-corrected chi connectivity index (χ4v) is 4.96. The Bertz CT molecular complexity index is 1070. The molecule has 0 spiro atoms. The van der Waals surface area contributed by atoms with Crippen LogP contribution in [0.2, 0.25) is 0 Å². The van der Waals surface area contributed by atoms with E-state index in [9.17, 15) is 40.7 Å². The Balaban J connectivity index is 1.61. The summed E-state index contributed by atoms with van der Waals surface area (Å²) in [4.78, 5) is 38.4. The lowest BCUT2D eigenvalue weighted by atomic mass is 10.2. The summed E-state index contributed by atoms with van der Waals surface area (Å²) >= 11 is 9.16. The molecule has 2 heterocycles. The van der Waals surface area contributed by atoms with E-state index in [0.717, 1.165) is 9.80 Å². The predicted molar refractivity (Wildman–Crippen MR) is 134 cm³/mol. The van der Waals surface area contributed by atoms with Gasteiger partial charge in [0.05, 0.1) is 19.6 Å². The second-order valence-electron chi connectivity index (χ2n) is 8.37. The smallest absolute Gasteiger partial charge is 0.442 e. The highest BCUT2D eigenvalue weighted by Gasteiger charge is 2.47. The molecule has 2 aliphatic rings. The molecule has 0 aromatic heterocycles. The zero-order valence-electron chi connectivity index (χ0n) is 19.3. The third-order valence-corrected chi connectivity index (χ3v) is 6.98. The zero-order chi connectivity index (χ0) is 29.3. The van der Waals surface area contributed by atoms with E-state index < -0.39 is 57.5 Å². The largest absolute Gasteiger partial charge is 0.471 e. The van der Waals surface area contributed by atoms with Crippen LogP contribution in [0.4, 0.5) is 46.9 Å². The number of nitrogens with one attached hydrogen (secondary N) is 2. The summed E-state index contributed by atoms with van der Waals surface area (Å²) in [6.45, 7) is -0.856. The molecule has 9 nitrogen and oxygen atoms in total. The van der Waals surface area contributed by atoms with Crippen molar-refractivity contribution in [3.05, 3.63) is 24.3 Å². The minimum Gasteiger partial charge on any atom is -0.442 e. The third-order valence-electron chi connectivity index (χ3n) is 5.67. The Hall–Kier alpha value is -1.86. The first-order valence-electron chi connectivity index (χ1n) is 10.9. The first kappa shape index (κ1) is 31.7. The topological polar surface area (TPSA) is 94.2 Å². The molecule has 2 N–H and O–H groups in total. The van der Waals surface area contributed by atoms with Crippen molar-refractivity contribution < 1.29 is 49.9 Å². The minimum atomic E-state index is -5.18.